The molecule has 0 spiro atoms. The minimum absolute atomic E-state index is 0.130. The molecular weight excluding hydrogens is 504 g/mol. The second-order valence-corrected chi connectivity index (χ2v) is 9.70. The molecule has 1 saturated heterocycles. The molecule has 1 aliphatic heterocycles. The van der Waals surface area contributed by atoms with Crippen LogP contribution in [0, 0.1) is 5.92 Å². The summed E-state index contributed by atoms with van der Waals surface area (Å²) in [5.41, 5.74) is 18.5. The summed E-state index contributed by atoms with van der Waals surface area (Å²) in [6.07, 6.45) is 9.34. The number of ketones is 1. The predicted octanol–water partition coefficient (Wildman–Crippen LogP) is 8.37. The molecule has 0 bridgehead atoms. The summed E-state index contributed by atoms with van der Waals surface area (Å²) in [6.45, 7) is 23.5. The lowest BCUT2D eigenvalue weighted by Gasteiger charge is -2.31. The molecule has 2 aromatic rings. The topological polar surface area (TPSA) is 84.4 Å². The van der Waals surface area contributed by atoms with Gasteiger partial charge >= 0.3 is 0 Å². The van der Waals surface area contributed by atoms with Crippen molar-refractivity contribution < 1.29 is 4.79 Å². The van der Waals surface area contributed by atoms with Crippen LogP contribution in [-0.2, 0) is 6.54 Å². The van der Waals surface area contributed by atoms with Crippen LogP contribution < -0.4 is 16.8 Å². The minimum atomic E-state index is 0.130. The number of nitrogens with one attached hydrogen (secondary N) is 1. The average molecular weight is 561 g/mol. The number of piperidine rings is 1. The Bertz CT molecular complexity index is 1100. The zero-order valence-corrected chi connectivity index (χ0v) is 27.0. The number of Topliss-reactive ketones (excluding diaryl/α,β-unsaturated/α-hetero) is 1. The number of hydrogen-bond donors (Lipinski definition) is 3. The number of carbonyl (C=O) groups excluding carboxylic acids is 1. The van der Waals surface area contributed by atoms with Gasteiger partial charge in [-0.25, -0.2) is 0 Å². The summed E-state index contributed by atoms with van der Waals surface area (Å²) in [5, 5.41) is 3.27. The van der Waals surface area contributed by atoms with Gasteiger partial charge in [-0.1, -0.05) is 100 Å². The number of carbonyl (C=O) groups is 1. The first-order valence-electron chi connectivity index (χ1n) is 15.0. The van der Waals surface area contributed by atoms with Crippen LogP contribution in [0.4, 0.5) is 5.69 Å². The highest BCUT2D eigenvalue weighted by atomic mass is 16.1. The Morgan fingerprint density at radius 2 is 1.61 bits per heavy atom. The summed E-state index contributed by atoms with van der Waals surface area (Å²) < 4.78 is 0. The van der Waals surface area contributed by atoms with Crippen LogP contribution in [0.15, 0.2) is 90.3 Å². The fraction of sp³-hybridized carbons (Fsp3) is 0.417. The molecule has 0 aromatic heterocycles. The number of nitrogens with two attached hydrogens (primary N) is 2. The van der Waals surface area contributed by atoms with E-state index in [1.165, 1.54) is 22.9 Å². The van der Waals surface area contributed by atoms with Crippen molar-refractivity contribution in [2.75, 3.05) is 25.4 Å². The van der Waals surface area contributed by atoms with Gasteiger partial charge in [-0.15, -0.1) is 0 Å². The fourth-order valence-electron chi connectivity index (χ4n) is 4.10. The van der Waals surface area contributed by atoms with Crippen LogP contribution in [0.25, 0.3) is 6.08 Å². The van der Waals surface area contributed by atoms with Crippen LogP contribution in [0.2, 0.25) is 0 Å². The number of anilines is 1. The molecule has 0 saturated carbocycles. The van der Waals surface area contributed by atoms with Gasteiger partial charge in [0.25, 0.3) is 0 Å². The van der Waals surface area contributed by atoms with Crippen LogP contribution in [0.3, 0.4) is 0 Å². The van der Waals surface area contributed by atoms with Crippen molar-refractivity contribution in [1.29, 1.82) is 0 Å². The second kappa shape index (κ2) is 22.2. The predicted molar refractivity (Wildman–Crippen MR) is 182 cm³/mol. The molecule has 0 radical (unpaired) electrons. The van der Waals surface area contributed by atoms with Crippen molar-refractivity contribution in [2.24, 2.45) is 11.7 Å². The van der Waals surface area contributed by atoms with Crippen LogP contribution in [-0.4, -0.2) is 30.3 Å². The van der Waals surface area contributed by atoms with E-state index in [9.17, 15) is 4.79 Å². The van der Waals surface area contributed by atoms with Gasteiger partial charge in [0.15, 0.2) is 5.78 Å². The molecule has 5 N–H and O–H groups in total. The van der Waals surface area contributed by atoms with Crippen LogP contribution in [0.5, 0.6) is 0 Å². The Morgan fingerprint density at radius 1 is 1.02 bits per heavy atom. The van der Waals surface area contributed by atoms with E-state index in [-0.39, 0.29) is 11.7 Å². The molecular formula is C36H56N4O. The van der Waals surface area contributed by atoms with Crippen molar-refractivity contribution in [3.05, 3.63) is 107 Å². The van der Waals surface area contributed by atoms with Gasteiger partial charge in [0, 0.05) is 36.0 Å². The first-order valence-corrected chi connectivity index (χ1v) is 15.0. The quantitative estimate of drug-likeness (QED) is 0.163. The summed E-state index contributed by atoms with van der Waals surface area (Å²) in [7, 11) is 0. The molecule has 5 heteroatoms. The number of nitrogens with zero attached hydrogens (tertiary/aromatic N) is 1. The molecule has 0 unspecified atom stereocenters. The number of benzene rings is 2. The number of rotatable bonds is 9. The van der Waals surface area contributed by atoms with E-state index in [0.717, 1.165) is 61.5 Å². The number of hydrogen-bond acceptors (Lipinski definition) is 5. The molecule has 0 aliphatic carbocycles. The molecule has 0 amide bonds. The Labute approximate surface area is 251 Å². The summed E-state index contributed by atoms with van der Waals surface area (Å²) in [6, 6.07) is 16.0. The molecule has 3 rings (SSSR count). The summed E-state index contributed by atoms with van der Waals surface area (Å²) >= 11 is 0. The number of likely N-dealkylation sites (tertiary alicyclic amines) is 1. The van der Waals surface area contributed by atoms with Gasteiger partial charge in [0.05, 0.1) is 0 Å². The zero-order valence-electron chi connectivity index (χ0n) is 27.0. The first kappa shape index (κ1) is 37.4. The first-order chi connectivity index (χ1) is 19.7. The molecule has 1 aliphatic rings. The third-order valence-corrected chi connectivity index (χ3v) is 6.61. The van der Waals surface area contributed by atoms with Crippen molar-refractivity contribution in [2.45, 2.75) is 74.8 Å². The molecule has 0 atom stereocenters. The normalized spacial score (nSPS) is 14.0. The van der Waals surface area contributed by atoms with Crippen molar-refractivity contribution in [3.8, 4) is 0 Å². The Kier molecular flexibility index (Phi) is 20.2. The van der Waals surface area contributed by atoms with E-state index < -0.39 is 0 Å². The highest BCUT2D eigenvalue weighted by Gasteiger charge is 2.25. The van der Waals surface area contributed by atoms with E-state index >= 15 is 0 Å². The van der Waals surface area contributed by atoms with Gasteiger partial charge in [0.2, 0.25) is 0 Å². The standard InChI is InChI=1S/C29H37N3O.C3H7N.2C2H6/c1-21(2)31-19-23(4)22(3)10-12-27-18-24(11-13-28(27)30)20-32-16-14-26(15-17-32)29(33)25-8-6-5-7-9-25;1-2-3-4;2*1-2/h5-13,18,26,31H,1,14-17,19-20,30H2,2-4H3;2-3H,4H2,1H3;2*1-2H3/b12-10+,23-22+;3-2-;;. The zero-order chi connectivity index (χ0) is 31.2. The van der Waals surface area contributed by atoms with Gasteiger partial charge in [0.1, 0.15) is 0 Å². The monoisotopic (exact) mass is 560 g/mol. The highest BCUT2D eigenvalue weighted by molar-refractivity contribution is 5.97. The molecule has 1 heterocycles. The van der Waals surface area contributed by atoms with E-state index in [2.05, 4.69) is 54.9 Å². The summed E-state index contributed by atoms with van der Waals surface area (Å²) in [5.74, 6) is 0.415. The van der Waals surface area contributed by atoms with Crippen LogP contribution in [0.1, 0.15) is 89.7 Å². The van der Waals surface area contributed by atoms with Crippen molar-refractivity contribution in [1.82, 2.24) is 10.2 Å². The third-order valence-electron chi connectivity index (χ3n) is 6.61. The highest BCUT2D eigenvalue weighted by Crippen LogP contribution is 2.24. The Morgan fingerprint density at radius 3 is 2.15 bits per heavy atom. The van der Waals surface area contributed by atoms with Gasteiger partial charge in [-0.3, -0.25) is 9.69 Å². The van der Waals surface area contributed by atoms with Crippen molar-refractivity contribution in [3.63, 3.8) is 0 Å². The van der Waals surface area contributed by atoms with E-state index in [4.69, 9.17) is 11.5 Å². The largest absolute Gasteiger partial charge is 0.405 e. The Balaban J connectivity index is 0.00000180. The lowest BCUT2D eigenvalue weighted by atomic mass is 9.88. The van der Waals surface area contributed by atoms with E-state index in [1.807, 2.05) is 77.9 Å². The third kappa shape index (κ3) is 14.6. The second-order valence-electron chi connectivity index (χ2n) is 9.70. The van der Waals surface area contributed by atoms with Gasteiger partial charge in [-0.05, 0) is 83.1 Å². The lowest BCUT2D eigenvalue weighted by molar-refractivity contribution is 0.0835. The SMILES string of the molecule is C/C=C\N.C=C(C)NC/C(C)=C(C)/C=C/c1cc(CN2CCC(C(=O)c3ccccc3)CC2)ccc1N.CC.CC. The average Bonchev–Trinajstić information content (AvgIpc) is 3.02. The van der Waals surface area contributed by atoms with Crippen molar-refractivity contribution >= 4 is 17.5 Å². The lowest BCUT2D eigenvalue weighted by Crippen LogP contribution is -2.36. The smallest absolute Gasteiger partial charge is 0.166 e. The van der Waals surface area contributed by atoms with Gasteiger partial charge < -0.3 is 16.8 Å². The minimum Gasteiger partial charge on any atom is -0.405 e. The van der Waals surface area contributed by atoms with Crippen LogP contribution >= 0.6 is 0 Å². The molecule has 226 valence electrons. The molecule has 5 nitrogen and oxygen atoms in total. The Hall–Kier alpha value is -3.57. The number of nitrogen functional groups attached to an aromatic ring is 1. The molecule has 2 aromatic carbocycles. The summed E-state index contributed by atoms with van der Waals surface area (Å²) in [4.78, 5) is 15.2. The maximum absolute atomic E-state index is 12.7. The maximum atomic E-state index is 12.7. The number of allylic oxidation sites excluding steroid dienone is 4. The fourth-order valence-corrected chi connectivity index (χ4v) is 4.10. The molecule has 1 fully saturated rings. The van der Waals surface area contributed by atoms with Gasteiger partial charge in [-0.2, -0.15) is 0 Å². The van der Waals surface area contributed by atoms with E-state index in [0.29, 0.717) is 0 Å². The maximum Gasteiger partial charge on any atom is 0.166 e. The molecule has 41 heavy (non-hydrogen) atoms. The van der Waals surface area contributed by atoms with E-state index in [1.54, 1.807) is 6.08 Å².